The number of aromatic nitrogens is 2. The Labute approximate surface area is 135 Å². The van der Waals surface area contributed by atoms with E-state index in [1.165, 1.54) is 0 Å². The van der Waals surface area contributed by atoms with Crippen molar-refractivity contribution in [3.8, 4) is 0 Å². The molecule has 2 rings (SSSR count). The predicted octanol–water partition coefficient (Wildman–Crippen LogP) is 2.81. The van der Waals surface area contributed by atoms with Gasteiger partial charge in [0.1, 0.15) is 0 Å². The number of aryl methyl sites for hydroxylation is 1. The van der Waals surface area contributed by atoms with E-state index in [2.05, 4.69) is 24.3 Å². The normalized spacial score (nSPS) is 10.7. The highest BCUT2D eigenvalue weighted by Crippen LogP contribution is 2.14. The number of hydrogen-bond donors (Lipinski definition) is 2. The summed E-state index contributed by atoms with van der Waals surface area (Å²) in [6.07, 6.45) is 3.78. The van der Waals surface area contributed by atoms with Crippen LogP contribution in [0.1, 0.15) is 36.2 Å². The smallest absolute Gasteiger partial charge is 0.303 e. The fraction of sp³-hybridized carbons (Fsp3) is 0.353. The number of aliphatic carboxylic acids is 1. The summed E-state index contributed by atoms with van der Waals surface area (Å²) in [7, 11) is 0. The van der Waals surface area contributed by atoms with Crippen molar-refractivity contribution < 1.29 is 14.7 Å². The van der Waals surface area contributed by atoms with Gasteiger partial charge < -0.3 is 10.4 Å². The summed E-state index contributed by atoms with van der Waals surface area (Å²) in [4.78, 5) is 22.9. The number of anilines is 1. The van der Waals surface area contributed by atoms with Gasteiger partial charge in [0.05, 0.1) is 11.8 Å². The molecule has 2 aromatic rings. The zero-order valence-corrected chi connectivity index (χ0v) is 13.3. The topological polar surface area (TPSA) is 84.2 Å². The Hall–Kier alpha value is -2.63. The van der Waals surface area contributed by atoms with Crippen molar-refractivity contribution in [1.82, 2.24) is 9.78 Å². The van der Waals surface area contributed by atoms with Crippen molar-refractivity contribution in [2.24, 2.45) is 5.92 Å². The molecule has 2 N–H and O–H groups in total. The molecule has 0 bridgehead atoms. The minimum Gasteiger partial charge on any atom is -0.481 e. The summed E-state index contributed by atoms with van der Waals surface area (Å²) in [5.74, 6) is -0.607. The molecule has 0 spiro atoms. The third kappa shape index (κ3) is 5.25. The summed E-state index contributed by atoms with van der Waals surface area (Å²) >= 11 is 0. The lowest BCUT2D eigenvalue weighted by molar-refractivity contribution is -0.136. The molecule has 0 aliphatic carbocycles. The van der Waals surface area contributed by atoms with Crippen LogP contribution in [0.2, 0.25) is 0 Å². The summed E-state index contributed by atoms with van der Waals surface area (Å²) in [6.45, 7) is 4.94. The molecule has 6 nitrogen and oxygen atoms in total. The zero-order valence-electron chi connectivity index (χ0n) is 13.3. The van der Waals surface area contributed by atoms with Gasteiger partial charge >= 0.3 is 5.97 Å². The van der Waals surface area contributed by atoms with Gasteiger partial charge in [0.25, 0.3) is 5.91 Å². The molecule has 23 heavy (non-hydrogen) atoms. The van der Waals surface area contributed by atoms with E-state index in [1.54, 1.807) is 35.3 Å². The monoisotopic (exact) mass is 315 g/mol. The number of hydrogen-bond acceptors (Lipinski definition) is 3. The van der Waals surface area contributed by atoms with Gasteiger partial charge in [0.2, 0.25) is 0 Å². The van der Waals surface area contributed by atoms with Gasteiger partial charge in [0.15, 0.2) is 0 Å². The van der Waals surface area contributed by atoms with Crippen molar-refractivity contribution in [3.63, 3.8) is 0 Å². The largest absolute Gasteiger partial charge is 0.481 e. The minimum absolute atomic E-state index is 0.0688. The number of amides is 1. The molecule has 1 aromatic carbocycles. The molecule has 1 aromatic heterocycles. The van der Waals surface area contributed by atoms with Crippen LogP contribution >= 0.6 is 0 Å². The maximum Gasteiger partial charge on any atom is 0.303 e. The van der Waals surface area contributed by atoms with Crippen LogP contribution in [0.25, 0.3) is 0 Å². The number of rotatable bonds is 7. The number of carbonyl (C=O) groups is 2. The van der Waals surface area contributed by atoms with Gasteiger partial charge in [-0.2, -0.15) is 5.10 Å². The molecule has 0 radical (unpaired) electrons. The van der Waals surface area contributed by atoms with Gasteiger partial charge in [-0.3, -0.25) is 14.3 Å². The number of benzene rings is 1. The molecule has 6 heteroatoms. The zero-order chi connectivity index (χ0) is 16.8. The van der Waals surface area contributed by atoms with Crippen LogP contribution in [0.3, 0.4) is 0 Å². The van der Waals surface area contributed by atoms with E-state index >= 15 is 0 Å². The summed E-state index contributed by atoms with van der Waals surface area (Å²) in [5, 5.41) is 15.7. The second-order valence-electron chi connectivity index (χ2n) is 5.89. The second kappa shape index (κ2) is 7.58. The first-order valence-electron chi connectivity index (χ1n) is 7.58. The summed E-state index contributed by atoms with van der Waals surface area (Å²) in [6, 6.07) is 7.22. The highest BCUT2D eigenvalue weighted by molar-refractivity contribution is 6.03. The Kier molecular flexibility index (Phi) is 5.51. The molecule has 0 saturated carbocycles. The first-order valence-corrected chi connectivity index (χ1v) is 7.58. The Morgan fingerprint density at radius 3 is 2.83 bits per heavy atom. The highest BCUT2D eigenvalue weighted by Gasteiger charge is 2.10. The quantitative estimate of drug-likeness (QED) is 0.823. The van der Waals surface area contributed by atoms with Crippen LogP contribution in [0.5, 0.6) is 0 Å². The number of nitrogens with one attached hydrogen (secondary N) is 1. The van der Waals surface area contributed by atoms with Crippen molar-refractivity contribution in [1.29, 1.82) is 0 Å². The van der Waals surface area contributed by atoms with Crippen LogP contribution in [-0.2, 0) is 17.8 Å². The first kappa shape index (κ1) is 16.7. The SMILES string of the molecule is CC(C)Cn1cc(C(=O)Nc2cccc(CCC(=O)O)c2)cn1. The Morgan fingerprint density at radius 2 is 2.13 bits per heavy atom. The molecule has 1 heterocycles. The van der Waals surface area contributed by atoms with Crippen LogP contribution in [0.4, 0.5) is 5.69 Å². The van der Waals surface area contributed by atoms with E-state index in [9.17, 15) is 9.59 Å². The average molecular weight is 315 g/mol. The lowest BCUT2D eigenvalue weighted by Crippen LogP contribution is -2.11. The summed E-state index contributed by atoms with van der Waals surface area (Å²) in [5.41, 5.74) is 2.02. The van der Waals surface area contributed by atoms with Crippen molar-refractivity contribution >= 4 is 17.6 Å². The standard InChI is InChI=1S/C17H21N3O3/c1-12(2)10-20-11-14(9-18-20)17(23)19-15-5-3-4-13(8-15)6-7-16(21)22/h3-5,8-9,11-12H,6-7,10H2,1-2H3,(H,19,23)(H,21,22). The van der Waals surface area contributed by atoms with Crippen molar-refractivity contribution in [2.75, 3.05) is 5.32 Å². The molecule has 0 fully saturated rings. The average Bonchev–Trinajstić information content (AvgIpc) is 2.93. The Balaban J connectivity index is 2.00. The first-order chi connectivity index (χ1) is 10.9. The molecule has 0 unspecified atom stereocenters. The Morgan fingerprint density at radius 1 is 1.35 bits per heavy atom. The van der Waals surface area contributed by atoms with E-state index in [4.69, 9.17) is 5.11 Å². The molecule has 0 atom stereocenters. The van der Waals surface area contributed by atoms with E-state index in [1.807, 2.05) is 6.07 Å². The van der Waals surface area contributed by atoms with Crippen LogP contribution in [0.15, 0.2) is 36.7 Å². The number of carboxylic acids is 1. The third-order valence-corrected chi connectivity index (χ3v) is 3.26. The number of nitrogens with zero attached hydrogens (tertiary/aromatic N) is 2. The van der Waals surface area contributed by atoms with Gasteiger partial charge in [-0.15, -0.1) is 0 Å². The fourth-order valence-electron chi connectivity index (χ4n) is 2.21. The molecular weight excluding hydrogens is 294 g/mol. The van der Waals surface area contributed by atoms with Crippen LogP contribution < -0.4 is 5.32 Å². The third-order valence-electron chi connectivity index (χ3n) is 3.26. The maximum atomic E-state index is 12.2. The molecule has 0 aliphatic heterocycles. The van der Waals surface area contributed by atoms with E-state index in [0.29, 0.717) is 23.6 Å². The predicted molar refractivity (Wildman–Crippen MR) is 87.4 cm³/mol. The lowest BCUT2D eigenvalue weighted by Gasteiger charge is -2.06. The van der Waals surface area contributed by atoms with Crippen molar-refractivity contribution in [2.45, 2.75) is 33.2 Å². The van der Waals surface area contributed by atoms with Gasteiger partial charge in [-0.25, -0.2) is 0 Å². The summed E-state index contributed by atoms with van der Waals surface area (Å²) < 4.78 is 1.75. The minimum atomic E-state index is -0.836. The molecule has 122 valence electrons. The van der Waals surface area contributed by atoms with Gasteiger partial charge in [0, 0.05) is 24.8 Å². The Bertz CT molecular complexity index is 692. The molecule has 1 amide bonds. The van der Waals surface area contributed by atoms with Gasteiger partial charge in [-0.1, -0.05) is 26.0 Å². The number of carboxylic acid groups (broad SMARTS) is 1. The maximum absolute atomic E-state index is 12.2. The van der Waals surface area contributed by atoms with Gasteiger partial charge in [-0.05, 0) is 30.0 Å². The van der Waals surface area contributed by atoms with Crippen LogP contribution in [-0.4, -0.2) is 26.8 Å². The molecule has 0 aliphatic rings. The highest BCUT2D eigenvalue weighted by atomic mass is 16.4. The molecule has 0 saturated heterocycles. The molecular formula is C17H21N3O3. The number of carbonyl (C=O) groups excluding carboxylic acids is 1. The van der Waals surface area contributed by atoms with Crippen LogP contribution in [0, 0.1) is 5.92 Å². The lowest BCUT2D eigenvalue weighted by atomic mass is 10.1. The van der Waals surface area contributed by atoms with Crippen molar-refractivity contribution in [3.05, 3.63) is 47.8 Å². The van der Waals surface area contributed by atoms with E-state index in [0.717, 1.165) is 12.1 Å². The fourth-order valence-corrected chi connectivity index (χ4v) is 2.21. The van der Waals surface area contributed by atoms with E-state index < -0.39 is 5.97 Å². The second-order valence-corrected chi connectivity index (χ2v) is 5.89. The van der Waals surface area contributed by atoms with E-state index in [-0.39, 0.29) is 12.3 Å².